The number of aliphatic imine (C=N–C) groups is 1. The van der Waals surface area contributed by atoms with Crippen LogP contribution >= 0.6 is 35.7 Å². The molecular weight excluding hydrogens is 297 g/mol. The lowest BCUT2D eigenvalue weighted by Gasteiger charge is -2.30. The molecule has 0 spiro atoms. The first-order chi connectivity index (χ1) is 5.84. The van der Waals surface area contributed by atoms with E-state index < -0.39 is 0 Å². The summed E-state index contributed by atoms with van der Waals surface area (Å²) in [4.78, 5) is 4.39. The van der Waals surface area contributed by atoms with E-state index in [-0.39, 0.29) is 24.0 Å². The highest BCUT2D eigenvalue weighted by Crippen LogP contribution is 2.17. The van der Waals surface area contributed by atoms with Gasteiger partial charge >= 0.3 is 0 Å². The van der Waals surface area contributed by atoms with Gasteiger partial charge < -0.3 is 10.6 Å². The number of hydrogen-bond acceptors (Lipinski definition) is 4. The van der Waals surface area contributed by atoms with Gasteiger partial charge in [0.25, 0.3) is 0 Å². The van der Waals surface area contributed by atoms with Crippen LogP contribution in [0.15, 0.2) is 4.99 Å². The number of rotatable bonds is 1. The number of nitrogens with zero attached hydrogens (tertiary/aromatic N) is 1. The average Bonchev–Trinajstić information content (AvgIpc) is 1.97. The molecule has 0 aromatic heterocycles. The molecule has 76 valence electrons. The molecule has 2 N–H and O–H groups in total. The Morgan fingerprint density at radius 2 is 2.31 bits per heavy atom. The molecule has 13 heavy (non-hydrogen) atoms. The Kier molecular flexibility index (Phi) is 4.64. The van der Waals surface area contributed by atoms with Crippen molar-refractivity contribution < 1.29 is 0 Å². The summed E-state index contributed by atoms with van der Waals surface area (Å²) in [5.74, 6) is 3.48. The van der Waals surface area contributed by atoms with E-state index in [1.165, 1.54) is 11.5 Å². The van der Waals surface area contributed by atoms with Crippen LogP contribution in [0.25, 0.3) is 0 Å². The van der Waals surface area contributed by atoms with Gasteiger partial charge in [-0.15, -0.1) is 24.0 Å². The van der Waals surface area contributed by atoms with Gasteiger partial charge in [-0.25, -0.2) is 0 Å². The Labute approximate surface area is 101 Å². The third-order valence-electron chi connectivity index (χ3n) is 2.19. The van der Waals surface area contributed by atoms with Crippen LogP contribution in [-0.2, 0) is 0 Å². The zero-order valence-electron chi connectivity index (χ0n) is 7.75. The molecule has 0 saturated carbocycles. The van der Waals surface area contributed by atoms with E-state index in [1.54, 1.807) is 0 Å². The maximum atomic E-state index is 4.39. The van der Waals surface area contributed by atoms with Crippen molar-refractivity contribution in [1.82, 2.24) is 10.6 Å². The highest BCUT2D eigenvalue weighted by Gasteiger charge is 2.20. The summed E-state index contributed by atoms with van der Waals surface area (Å²) in [6, 6.07) is 1.24. The molecule has 3 nitrogen and oxygen atoms in total. The van der Waals surface area contributed by atoms with Gasteiger partial charge in [-0.2, -0.15) is 11.8 Å². The zero-order valence-corrected chi connectivity index (χ0v) is 10.9. The molecule has 1 atom stereocenters. The Morgan fingerprint density at radius 3 is 2.85 bits per heavy atom. The Balaban J connectivity index is 0.000000845. The smallest absolute Gasteiger partial charge is 0.191 e. The summed E-state index contributed by atoms with van der Waals surface area (Å²) in [6.45, 7) is 3.17. The minimum Gasteiger partial charge on any atom is -0.354 e. The lowest BCUT2D eigenvalue weighted by molar-refractivity contribution is 0.558. The van der Waals surface area contributed by atoms with E-state index in [0.29, 0.717) is 12.1 Å². The number of guanidine groups is 1. The van der Waals surface area contributed by atoms with Crippen molar-refractivity contribution in [2.45, 2.75) is 25.4 Å². The van der Waals surface area contributed by atoms with Crippen molar-refractivity contribution in [3.8, 4) is 0 Å². The Bertz CT molecular complexity index is 194. The molecule has 5 heteroatoms. The molecule has 1 saturated heterocycles. The fourth-order valence-electron chi connectivity index (χ4n) is 1.32. The van der Waals surface area contributed by atoms with Crippen LogP contribution in [0.3, 0.4) is 0 Å². The van der Waals surface area contributed by atoms with Gasteiger partial charge in [0.2, 0.25) is 0 Å². The summed E-state index contributed by atoms with van der Waals surface area (Å²) in [6.07, 6.45) is 1.16. The molecule has 0 aliphatic carbocycles. The van der Waals surface area contributed by atoms with E-state index in [9.17, 15) is 0 Å². The van der Waals surface area contributed by atoms with Crippen LogP contribution < -0.4 is 10.6 Å². The minimum absolute atomic E-state index is 0. The van der Waals surface area contributed by atoms with Crippen LogP contribution in [0.5, 0.6) is 0 Å². The molecule has 2 aliphatic heterocycles. The largest absolute Gasteiger partial charge is 0.354 e. The first-order valence-corrected chi connectivity index (χ1v) is 5.65. The Morgan fingerprint density at radius 1 is 1.54 bits per heavy atom. The number of halogens is 1. The maximum Gasteiger partial charge on any atom is 0.191 e. The third kappa shape index (κ3) is 3.19. The van der Waals surface area contributed by atoms with Gasteiger partial charge in [0.1, 0.15) is 0 Å². The quantitative estimate of drug-likeness (QED) is 0.711. The summed E-state index contributed by atoms with van der Waals surface area (Å²) in [5.41, 5.74) is 0. The van der Waals surface area contributed by atoms with Crippen LogP contribution in [0.2, 0.25) is 0 Å². The lowest BCUT2D eigenvalue weighted by atomic mass is 10.2. The van der Waals surface area contributed by atoms with Crippen molar-refractivity contribution in [2.24, 2.45) is 4.99 Å². The van der Waals surface area contributed by atoms with Crippen LogP contribution in [-0.4, -0.2) is 36.1 Å². The molecule has 0 aromatic carbocycles. The molecule has 0 bridgehead atoms. The zero-order chi connectivity index (χ0) is 8.39. The maximum absolute atomic E-state index is 4.39. The summed E-state index contributed by atoms with van der Waals surface area (Å²) < 4.78 is 0. The summed E-state index contributed by atoms with van der Waals surface area (Å²) in [5, 5.41) is 6.75. The molecule has 1 unspecified atom stereocenters. The molecule has 2 heterocycles. The molecular formula is C8H16IN3S. The van der Waals surface area contributed by atoms with E-state index >= 15 is 0 Å². The molecule has 0 amide bonds. The summed E-state index contributed by atoms with van der Waals surface area (Å²) in [7, 11) is 0. The van der Waals surface area contributed by atoms with E-state index in [2.05, 4.69) is 22.5 Å². The van der Waals surface area contributed by atoms with Gasteiger partial charge in [-0.3, -0.25) is 4.99 Å². The van der Waals surface area contributed by atoms with E-state index in [1.807, 2.05) is 11.8 Å². The van der Waals surface area contributed by atoms with Crippen molar-refractivity contribution in [3.05, 3.63) is 0 Å². The van der Waals surface area contributed by atoms with Gasteiger partial charge in [-0.05, 0) is 13.3 Å². The highest BCUT2D eigenvalue weighted by molar-refractivity contribution is 14.0. The number of nitrogens with one attached hydrogen (secondary N) is 2. The third-order valence-corrected chi connectivity index (χ3v) is 3.47. The first-order valence-electron chi connectivity index (χ1n) is 4.50. The highest BCUT2D eigenvalue weighted by atomic mass is 127. The van der Waals surface area contributed by atoms with Crippen molar-refractivity contribution in [2.75, 3.05) is 18.1 Å². The lowest BCUT2D eigenvalue weighted by Crippen LogP contribution is -2.52. The number of thioether (sulfide) groups is 1. The van der Waals surface area contributed by atoms with Gasteiger partial charge in [0.05, 0.1) is 0 Å². The standard InChI is InChI=1S/C8H15N3S.HI/c1-6-2-3-9-8(10-6)11-7-4-12-5-7;/h6-7H,2-5H2,1H3,(H2,9,10,11);1H. The van der Waals surface area contributed by atoms with Crippen LogP contribution in [0.4, 0.5) is 0 Å². The predicted molar refractivity (Wildman–Crippen MR) is 69.2 cm³/mol. The molecule has 2 rings (SSSR count). The van der Waals surface area contributed by atoms with Crippen LogP contribution in [0.1, 0.15) is 13.3 Å². The normalized spacial score (nSPS) is 27.8. The van der Waals surface area contributed by atoms with Gasteiger partial charge in [0.15, 0.2) is 5.96 Å². The number of hydrogen-bond donors (Lipinski definition) is 2. The first kappa shape index (κ1) is 11.4. The van der Waals surface area contributed by atoms with Gasteiger partial charge in [-0.1, -0.05) is 0 Å². The molecule has 2 aliphatic rings. The monoisotopic (exact) mass is 313 g/mol. The molecule has 0 aromatic rings. The molecule has 1 fully saturated rings. The van der Waals surface area contributed by atoms with Gasteiger partial charge in [0, 0.05) is 30.1 Å². The van der Waals surface area contributed by atoms with E-state index in [4.69, 9.17) is 0 Å². The fraction of sp³-hybridized carbons (Fsp3) is 0.875. The Hall–Kier alpha value is 0.350. The van der Waals surface area contributed by atoms with Crippen LogP contribution in [0, 0.1) is 0 Å². The topological polar surface area (TPSA) is 36.4 Å². The second-order valence-corrected chi connectivity index (χ2v) is 4.52. The SMILES string of the molecule is CC1CCN=C(NC2CSC2)N1.I. The summed E-state index contributed by atoms with van der Waals surface area (Å²) >= 11 is 1.99. The fourth-order valence-corrected chi connectivity index (χ4v) is 1.96. The van der Waals surface area contributed by atoms with Crippen molar-refractivity contribution in [3.63, 3.8) is 0 Å². The second-order valence-electron chi connectivity index (χ2n) is 3.44. The van der Waals surface area contributed by atoms with E-state index in [0.717, 1.165) is 18.9 Å². The minimum atomic E-state index is 0. The average molecular weight is 313 g/mol. The molecule has 0 radical (unpaired) electrons. The van der Waals surface area contributed by atoms with Crippen molar-refractivity contribution >= 4 is 41.7 Å². The second kappa shape index (κ2) is 5.29. The predicted octanol–water partition coefficient (Wildman–Crippen LogP) is 1.05. The van der Waals surface area contributed by atoms with Crippen molar-refractivity contribution in [1.29, 1.82) is 0 Å².